The van der Waals surface area contributed by atoms with E-state index in [1.165, 1.54) is 11.1 Å². The molecule has 9 aromatic carbocycles. The van der Waals surface area contributed by atoms with Crippen LogP contribution in [0.2, 0.25) is 0 Å². The fourth-order valence-electron chi connectivity index (χ4n) is 8.61. The first-order valence-electron chi connectivity index (χ1n) is 20.6. The molecule has 6 nitrogen and oxygen atoms in total. The van der Waals surface area contributed by atoms with E-state index in [1.54, 1.807) is 0 Å². The minimum atomic E-state index is 0.544. The van der Waals surface area contributed by atoms with Crippen molar-refractivity contribution < 1.29 is 8.83 Å². The first-order valence-corrected chi connectivity index (χ1v) is 20.6. The van der Waals surface area contributed by atoms with Crippen LogP contribution in [0.3, 0.4) is 0 Å². The van der Waals surface area contributed by atoms with E-state index in [4.69, 9.17) is 28.8 Å². The van der Waals surface area contributed by atoms with Crippen molar-refractivity contribution in [3.05, 3.63) is 206 Å². The number of furan rings is 1. The summed E-state index contributed by atoms with van der Waals surface area (Å²) in [6.07, 6.45) is 0. The highest BCUT2D eigenvalue weighted by Crippen LogP contribution is 2.43. The first kappa shape index (κ1) is 35.5. The average molecular weight is 795 g/mol. The van der Waals surface area contributed by atoms with Gasteiger partial charge in [-0.3, -0.25) is 0 Å². The number of hydrogen-bond acceptors (Lipinski definition) is 6. The van der Waals surface area contributed by atoms with E-state index in [0.29, 0.717) is 40.1 Å². The fourth-order valence-corrected chi connectivity index (χ4v) is 8.61. The van der Waals surface area contributed by atoms with Gasteiger partial charge in [0, 0.05) is 27.6 Å². The van der Waals surface area contributed by atoms with Gasteiger partial charge in [-0.25, -0.2) is 19.9 Å². The summed E-state index contributed by atoms with van der Waals surface area (Å²) in [5.41, 5.74) is 13.1. The van der Waals surface area contributed by atoms with Crippen molar-refractivity contribution in [2.75, 3.05) is 0 Å². The Morgan fingerprint density at radius 2 is 0.839 bits per heavy atom. The van der Waals surface area contributed by atoms with Gasteiger partial charge in [0.15, 0.2) is 23.1 Å². The van der Waals surface area contributed by atoms with Crippen molar-refractivity contribution in [3.8, 4) is 79.0 Å². The molecule has 12 aromatic rings. The average Bonchev–Trinajstić information content (AvgIpc) is 3.97. The summed E-state index contributed by atoms with van der Waals surface area (Å²) >= 11 is 0. The Hall–Kier alpha value is -8.48. The predicted octanol–water partition coefficient (Wildman–Crippen LogP) is 14.7. The number of oxazole rings is 1. The minimum Gasteiger partial charge on any atom is -0.456 e. The quantitative estimate of drug-likeness (QED) is 0.160. The van der Waals surface area contributed by atoms with Gasteiger partial charge < -0.3 is 8.83 Å². The van der Waals surface area contributed by atoms with Crippen LogP contribution in [0.25, 0.3) is 123 Å². The summed E-state index contributed by atoms with van der Waals surface area (Å²) < 4.78 is 13.2. The van der Waals surface area contributed by atoms with Gasteiger partial charge >= 0.3 is 0 Å². The molecule has 0 spiro atoms. The molecule has 12 rings (SSSR count). The first-order chi connectivity index (χ1) is 30.7. The molecule has 0 radical (unpaired) electrons. The zero-order valence-corrected chi connectivity index (χ0v) is 33.2. The normalized spacial score (nSPS) is 11.5. The van der Waals surface area contributed by atoms with Gasteiger partial charge in [0.2, 0.25) is 5.89 Å². The zero-order chi connectivity index (χ0) is 41.0. The van der Waals surface area contributed by atoms with E-state index in [1.807, 2.05) is 60.7 Å². The van der Waals surface area contributed by atoms with Gasteiger partial charge in [0.05, 0.1) is 5.39 Å². The van der Waals surface area contributed by atoms with E-state index < -0.39 is 0 Å². The molecule has 0 aliphatic carbocycles. The number of hydrogen-bond donors (Lipinski definition) is 0. The minimum absolute atomic E-state index is 0.544. The lowest BCUT2D eigenvalue weighted by Crippen LogP contribution is -2.01. The Morgan fingerprint density at radius 1 is 0.290 bits per heavy atom. The van der Waals surface area contributed by atoms with Crippen LogP contribution in [-0.4, -0.2) is 19.9 Å². The third-order valence-electron chi connectivity index (χ3n) is 11.6. The molecule has 290 valence electrons. The number of aromatic nitrogens is 4. The molecule has 0 amide bonds. The van der Waals surface area contributed by atoms with Crippen LogP contribution in [0, 0.1) is 0 Å². The second kappa shape index (κ2) is 14.7. The predicted molar refractivity (Wildman–Crippen MR) is 250 cm³/mol. The van der Waals surface area contributed by atoms with Crippen LogP contribution in [0.1, 0.15) is 0 Å². The van der Waals surface area contributed by atoms with Gasteiger partial charge in [-0.2, -0.15) is 0 Å². The molecule has 0 fully saturated rings. The van der Waals surface area contributed by atoms with Crippen LogP contribution in [0.4, 0.5) is 0 Å². The second-order valence-electron chi connectivity index (χ2n) is 15.4. The maximum absolute atomic E-state index is 6.69. The number of benzene rings is 9. The topological polar surface area (TPSA) is 77.8 Å². The lowest BCUT2D eigenvalue weighted by atomic mass is 9.97. The third kappa shape index (κ3) is 6.13. The Morgan fingerprint density at radius 3 is 1.56 bits per heavy atom. The molecular formula is C56H34N4O2. The third-order valence-corrected chi connectivity index (χ3v) is 11.6. The van der Waals surface area contributed by atoms with Crippen LogP contribution in [-0.2, 0) is 0 Å². The molecule has 3 heterocycles. The Labute approximate surface area is 356 Å². The fraction of sp³-hybridized carbons (Fsp3) is 0. The van der Waals surface area contributed by atoms with E-state index in [-0.39, 0.29) is 0 Å². The molecule has 0 aliphatic heterocycles. The van der Waals surface area contributed by atoms with Crippen molar-refractivity contribution in [1.82, 2.24) is 19.9 Å². The molecule has 0 saturated carbocycles. The summed E-state index contributed by atoms with van der Waals surface area (Å²) in [6.45, 7) is 0. The highest BCUT2D eigenvalue weighted by molar-refractivity contribution is 6.27. The second-order valence-corrected chi connectivity index (χ2v) is 15.4. The monoisotopic (exact) mass is 794 g/mol. The largest absolute Gasteiger partial charge is 0.456 e. The summed E-state index contributed by atoms with van der Waals surface area (Å²) in [6, 6.07) is 70.6. The number of nitrogens with zero attached hydrogens (tertiary/aromatic N) is 4. The van der Waals surface area contributed by atoms with E-state index in [2.05, 4.69) is 146 Å². The Balaban J connectivity index is 1.04. The van der Waals surface area contributed by atoms with Crippen LogP contribution >= 0.6 is 0 Å². The number of fused-ring (bicyclic) bond motifs is 7. The number of rotatable bonds is 7. The van der Waals surface area contributed by atoms with Crippen LogP contribution < -0.4 is 0 Å². The molecule has 0 saturated heterocycles. The summed E-state index contributed by atoms with van der Waals surface area (Å²) in [7, 11) is 0. The molecule has 0 N–H and O–H groups in total. The van der Waals surface area contributed by atoms with Crippen LogP contribution in [0.5, 0.6) is 0 Å². The van der Waals surface area contributed by atoms with Crippen molar-refractivity contribution in [3.63, 3.8) is 0 Å². The molecule has 0 atom stereocenters. The molecule has 6 heteroatoms. The summed E-state index contributed by atoms with van der Waals surface area (Å²) in [4.78, 5) is 20.6. The highest BCUT2D eigenvalue weighted by atomic mass is 16.4. The lowest BCUT2D eigenvalue weighted by molar-refractivity contribution is 0.622. The zero-order valence-electron chi connectivity index (χ0n) is 33.2. The van der Waals surface area contributed by atoms with Crippen LogP contribution in [0.15, 0.2) is 215 Å². The molecule has 0 unspecified atom stereocenters. The Bertz CT molecular complexity index is 3620. The van der Waals surface area contributed by atoms with Crippen molar-refractivity contribution in [1.29, 1.82) is 0 Å². The van der Waals surface area contributed by atoms with Gasteiger partial charge in [-0.1, -0.05) is 170 Å². The van der Waals surface area contributed by atoms with Crippen molar-refractivity contribution in [2.24, 2.45) is 0 Å². The van der Waals surface area contributed by atoms with E-state index in [0.717, 1.165) is 71.6 Å². The van der Waals surface area contributed by atoms with E-state index in [9.17, 15) is 0 Å². The maximum Gasteiger partial charge on any atom is 0.227 e. The molecule has 3 aromatic heterocycles. The lowest BCUT2D eigenvalue weighted by Gasteiger charge is -2.13. The summed E-state index contributed by atoms with van der Waals surface area (Å²) in [5.74, 6) is 2.26. The van der Waals surface area contributed by atoms with Gasteiger partial charge in [-0.05, 0) is 80.6 Å². The highest BCUT2D eigenvalue weighted by Gasteiger charge is 2.23. The van der Waals surface area contributed by atoms with Crippen molar-refractivity contribution >= 4 is 43.8 Å². The molecule has 0 bridgehead atoms. The van der Waals surface area contributed by atoms with Crippen molar-refractivity contribution in [2.45, 2.75) is 0 Å². The van der Waals surface area contributed by atoms with Gasteiger partial charge in [0.1, 0.15) is 16.7 Å². The van der Waals surface area contributed by atoms with E-state index >= 15 is 0 Å². The maximum atomic E-state index is 6.69. The Kier molecular flexibility index (Phi) is 8.38. The molecule has 62 heavy (non-hydrogen) atoms. The molecule has 0 aliphatic rings. The smallest absolute Gasteiger partial charge is 0.227 e. The SMILES string of the molecule is c1ccc(-c2cccc(-c3ccc(-c4nc(-c5ccccc5-c5ccccc5)nc(-c5cc6oc7ccc8nc(-c9ccccc9)oc8c7c6c6ccccc56)n4)cc3)c2)cc1. The summed E-state index contributed by atoms with van der Waals surface area (Å²) in [5, 5.41) is 3.82. The van der Waals surface area contributed by atoms with Gasteiger partial charge in [0.25, 0.3) is 0 Å². The van der Waals surface area contributed by atoms with Gasteiger partial charge in [-0.15, -0.1) is 0 Å². The standard InChI is InChI=1S/C56H34N4O2/c1-4-15-35(16-5-1)40-21-14-22-41(33-40)36-27-29-38(30-28-36)53-58-54(45-26-13-10-23-42(45)37-17-6-2-7-18-37)60-55(59-53)46-34-49-50(44-25-12-11-24-43(44)46)51-48(61-49)32-31-47-52(51)62-56(57-47)39-19-8-3-9-20-39/h1-34H. The molecular weight excluding hydrogens is 761 g/mol.